The molecule has 0 atom stereocenters. The van der Waals surface area contributed by atoms with Gasteiger partial charge >= 0.3 is 0 Å². The molecular weight excluding hydrogens is 601 g/mol. The van der Waals surface area contributed by atoms with Gasteiger partial charge in [0.25, 0.3) is 0 Å². The van der Waals surface area contributed by atoms with Crippen LogP contribution in [0, 0.1) is 13.8 Å². The molecule has 0 saturated heterocycles. The zero-order chi connectivity index (χ0) is 34.7. The lowest BCUT2D eigenvalue weighted by atomic mass is 9.93. The molecule has 2 nitrogen and oxygen atoms in total. The number of hydrogen-bond acceptors (Lipinski definition) is 2. The largest absolute Gasteiger partial charge is 0.292 e. The van der Waals surface area contributed by atoms with Gasteiger partial charge in [0.1, 0.15) is 5.82 Å². The Morgan fingerprint density at radius 3 is 2.10 bits per heavy atom. The third-order valence-electron chi connectivity index (χ3n) is 9.19. The summed E-state index contributed by atoms with van der Waals surface area (Å²) in [5.41, 5.74) is 12.3. The van der Waals surface area contributed by atoms with Crippen LogP contribution in [0.4, 0.5) is 0 Å². The molecule has 0 unspecified atom stereocenters. The van der Waals surface area contributed by atoms with Gasteiger partial charge in [0, 0.05) is 35.5 Å². The maximum absolute atomic E-state index is 7.86. The van der Waals surface area contributed by atoms with Crippen molar-refractivity contribution in [3.8, 4) is 50.5 Å². The van der Waals surface area contributed by atoms with Crippen molar-refractivity contribution in [3.63, 3.8) is 0 Å². The summed E-state index contributed by atoms with van der Waals surface area (Å²) in [6, 6.07) is 54.6. The van der Waals surface area contributed by atoms with Gasteiger partial charge in [-0.25, -0.2) is 4.98 Å². The summed E-state index contributed by atoms with van der Waals surface area (Å²) < 4.78 is 28.2. The van der Waals surface area contributed by atoms with E-state index in [0.717, 1.165) is 55.9 Å². The first-order valence-electron chi connectivity index (χ1n) is 17.6. The summed E-state index contributed by atoms with van der Waals surface area (Å²) in [6.45, 7) is -0.0348. The number of benzene rings is 7. The first kappa shape index (κ1) is 25.3. The van der Waals surface area contributed by atoms with Gasteiger partial charge < -0.3 is 0 Å². The van der Waals surface area contributed by atoms with Crippen LogP contribution in [-0.2, 0) is 0 Å². The third kappa shape index (κ3) is 4.83. The molecule has 3 heteroatoms. The van der Waals surface area contributed by atoms with Crippen LogP contribution >= 0.6 is 11.3 Å². The van der Waals surface area contributed by atoms with Crippen molar-refractivity contribution in [3.05, 3.63) is 169 Å². The fourth-order valence-corrected chi connectivity index (χ4v) is 8.09. The molecule has 9 rings (SSSR count). The molecule has 0 radical (unpaired) electrons. The van der Waals surface area contributed by atoms with E-state index in [2.05, 4.69) is 133 Å². The Morgan fingerprint density at radius 2 is 1.27 bits per heavy atom. The topological polar surface area (TPSA) is 17.8 Å². The van der Waals surface area contributed by atoms with E-state index in [9.17, 15) is 0 Å². The zero-order valence-corrected chi connectivity index (χ0v) is 27.1. The molecule has 0 saturated carbocycles. The van der Waals surface area contributed by atoms with Crippen LogP contribution in [0.1, 0.15) is 15.2 Å². The van der Waals surface area contributed by atoms with Crippen LogP contribution in [0.3, 0.4) is 0 Å². The highest BCUT2D eigenvalue weighted by Crippen LogP contribution is 2.46. The van der Waals surface area contributed by atoms with E-state index in [4.69, 9.17) is 9.10 Å². The Morgan fingerprint density at radius 1 is 0.562 bits per heavy atom. The number of hydrogen-bond donors (Lipinski definition) is 0. The predicted octanol–water partition coefficient (Wildman–Crippen LogP) is 12.7. The van der Waals surface area contributed by atoms with Gasteiger partial charge in [-0.05, 0) is 89.6 Å². The van der Waals surface area contributed by atoms with Gasteiger partial charge in [-0.1, -0.05) is 126 Å². The van der Waals surface area contributed by atoms with E-state index in [1.807, 2.05) is 24.3 Å². The number of para-hydroxylation sites is 2. The smallest absolute Gasteiger partial charge is 0.147 e. The van der Waals surface area contributed by atoms with Gasteiger partial charge in [-0.15, -0.1) is 11.3 Å². The second-order valence-electron chi connectivity index (χ2n) is 12.3. The van der Waals surface area contributed by atoms with Gasteiger partial charge in [-0.2, -0.15) is 0 Å². The number of aryl methyl sites for hydroxylation is 2. The summed E-state index contributed by atoms with van der Waals surface area (Å²) in [4.78, 5) is 5.29. The van der Waals surface area contributed by atoms with Crippen LogP contribution in [0.25, 0.3) is 81.7 Å². The van der Waals surface area contributed by atoms with E-state index in [-0.39, 0.29) is 0 Å². The van der Waals surface area contributed by atoms with Crippen molar-refractivity contribution in [2.45, 2.75) is 13.8 Å². The Kier molecular flexibility index (Phi) is 6.06. The number of imidazole rings is 1. The van der Waals surface area contributed by atoms with Gasteiger partial charge in [0.2, 0.25) is 0 Å². The van der Waals surface area contributed by atoms with Crippen LogP contribution in [0.2, 0.25) is 0 Å². The first-order chi connectivity index (χ1) is 24.8. The number of aromatic nitrogens is 2. The lowest BCUT2D eigenvalue weighted by molar-refractivity contribution is 1.11. The Hall–Kier alpha value is -5.77. The van der Waals surface area contributed by atoms with E-state index < -0.39 is 6.85 Å². The molecule has 0 aliphatic heterocycles. The summed E-state index contributed by atoms with van der Waals surface area (Å²) in [5.74, 6) is 0.899. The summed E-state index contributed by atoms with van der Waals surface area (Å²) in [6.07, 6.45) is 0. The molecule has 0 fully saturated rings. The van der Waals surface area contributed by atoms with E-state index in [0.29, 0.717) is 5.56 Å². The SMILES string of the molecule is [2H]C([2H])([2H])c1ccc(-c2cc(-c3ccc(C)cc3)c3c(c2)sc2c(-c4nc5ccccc5n4-c4cccc(-c5ccccc5)c4)cccc23)cc1. The number of nitrogens with zero attached hydrogens (tertiary/aromatic N) is 2. The molecule has 0 N–H and O–H groups in total. The highest BCUT2D eigenvalue weighted by molar-refractivity contribution is 7.26. The monoisotopic (exact) mass is 635 g/mol. The number of fused-ring (bicyclic) bond motifs is 4. The van der Waals surface area contributed by atoms with Crippen LogP contribution in [0.15, 0.2) is 158 Å². The molecular formula is C45H32N2S. The lowest BCUT2D eigenvalue weighted by Gasteiger charge is -2.12. The molecule has 0 aliphatic rings. The van der Waals surface area contributed by atoms with Crippen molar-refractivity contribution in [1.29, 1.82) is 0 Å². The molecule has 0 amide bonds. The molecule has 0 aliphatic carbocycles. The van der Waals surface area contributed by atoms with Gasteiger partial charge in [0.05, 0.1) is 11.0 Å². The van der Waals surface area contributed by atoms with Gasteiger partial charge in [-0.3, -0.25) is 4.57 Å². The van der Waals surface area contributed by atoms with Crippen molar-refractivity contribution < 1.29 is 4.11 Å². The van der Waals surface area contributed by atoms with Crippen molar-refractivity contribution in [2.75, 3.05) is 0 Å². The molecule has 2 aromatic heterocycles. The maximum atomic E-state index is 7.86. The molecule has 228 valence electrons. The minimum absolute atomic E-state index is 0.342. The van der Waals surface area contributed by atoms with Crippen molar-refractivity contribution in [1.82, 2.24) is 9.55 Å². The molecule has 0 spiro atoms. The molecule has 7 aromatic carbocycles. The van der Waals surface area contributed by atoms with Crippen LogP contribution in [0.5, 0.6) is 0 Å². The fraction of sp³-hybridized carbons (Fsp3) is 0.0444. The van der Waals surface area contributed by atoms with E-state index >= 15 is 0 Å². The molecule has 48 heavy (non-hydrogen) atoms. The van der Waals surface area contributed by atoms with Crippen LogP contribution < -0.4 is 0 Å². The van der Waals surface area contributed by atoms with Crippen LogP contribution in [-0.4, -0.2) is 9.55 Å². The quantitative estimate of drug-likeness (QED) is 0.184. The molecule has 9 aromatic rings. The summed E-state index contributed by atoms with van der Waals surface area (Å²) >= 11 is 1.78. The van der Waals surface area contributed by atoms with Gasteiger partial charge in [0.15, 0.2) is 0 Å². The Bertz CT molecular complexity index is 2720. The molecule has 2 heterocycles. The standard InChI is InChI=1S/C45H32N2S/c1-29-18-22-32(23-19-29)35-27-39(33-24-20-30(2)21-25-33)43-37-14-9-15-38(44(37)48-42(43)28-35)45-46-40-16-6-7-17-41(40)47(45)36-13-8-12-34(26-36)31-10-4-3-5-11-31/h3-28H,1-2H3/i1D3. The average Bonchev–Trinajstić information content (AvgIpc) is 3.74. The highest BCUT2D eigenvalue weighted by Gasteiger charge is 2.21. The van der Waals surface area contributed by atoms with Crippen molar-refractivity contribution >= 4 is 42.5 Å². The van der Waals surface area contributed by atoms with E-state index in [1.165, 1.54) is 31.3 Å². The second-order valence-corrected chi connectivity index (χ2v) is 13.4. The maximum Gasteiger partial charge on any atom is 0.147 e. The predicted molar refractivity (Wildman–Crippen MR) is 205 cm³/mol. The fourth-order valence-electron chi connectivity index (χ4n) is 6.82. The third-order valence-corrected chi connectivity index (χ3v) is 10.4. The highest BCUT2D eigenvalue weighted by atomic mass is 32.1. The first-order valence-corrected chi connectivity index (χ1v) is 16.9. The summed E-state index contributed by atoms with van der Waals surface area (Å²) in [7, 11) is 0. The Balaban J connectivity index is 1.29. The lowest BCUT2D eigenvalue weighted by Crippen LogP contribution is -1.98. The second kappa shape index (κ2) is 11.5. The minimum Gasteiger partial charge on any atom is -0.292 e. The summed E-state index contributed by atoms with van der Waals surface area (Å²) in [5, 5.41) is 2.39. The molecule has 0 bridgehead atoms. The average molecular weight is 636 g/mol. The minimum atomic E-state index is -2.14. The Labute approximate surface area is 288 Å². The normalized spacial score (nSPS) is 12.7. The zero-order valence-electron chi connectivity index (χ0n) is 29.3. The van der Waals surface area contributed by atoms with Crippen molar-refractivity contribution in [2.24, 2.45) is 0 Å². The van der Waals surface area contributed by atoms with E-state index in [1.54, 1.807) is 23.5 Å². The number of thiophene rings is 1. The number of rotatable bonds is 5.